The highest BCUT2D eigenvalue weighted by molar-refractivity contribution is 9.10. The maximum Gasteiger partial charge on any atom is 0.335 e. The second kappa shape index (κ2) is 4.92. The van der Waals surface area contributed by atoms with Crippen LogP contribution in [0.1, 0.15) is 15.9 Å². The van der Waals surface area contributed by atoms with Crippen molar-refractivity contribution in [2.24, 2.45) is 0 Å². The van der Waals surface area contributed by atoms with Crippen LogP contribution >= 0.6 is 15.9 Å². The summed E-state index contributed by atoms with van der Waals surface area (Å²) in [6.45, 7) is 1.77. The zero-order chi connectivity index (χ0) is 15.1. The number of benzene rings is 2. The van der Waals surface area contributed by atoms with Crippen LogP contribution in [-0.2, 0) is 0 Å². The summed E-state index contributed by atoms with van der Waals surface area (Å²) < 4.78 is 15.4. The Kier molecular flexibility index (Phi) is 3.21. The van der Waals surface area contributed by atoms with Crippen molar-refractivity contribution in [1.29, 1.82) is 0 Å². The van der Waals surface area contributed by atoms with Crippen molar-refractivity contribution in [1.82, 2.24) is 15.0 Å². The van der Waals surface area contributed by atoms with Crippen LogP contribution in [0.25, 0.3) is 16.7 Å². The van der Waals surface area contributed by atoms with Crippen LogP contribution in [0.15, 0.2) is 34.8 Å². The molecule has 0 aliphatic carbocycles. The molecule has 3 aromatic rings. The molecule has 0 atom stereocenters. The quantitative estimate of drug-likeness (QED) is 0.770. The summed E-state index contributed by atoms with van der Waals surface area (Å²) in [5.41, 5.74) is 2.64. The highest BCUT2D eigenvalue weighted by Gasteiger charge is 2.13. The van der Waals surface area contributed by atoms with E-state index in [9.17, 15) is 9.18 Å². The molecule has 0 fully saturated rings. The molecular formula is C14H9BrFN3O2. The summed E-state index contributed by atoms with van der Waals surface area (Å²) in [4.78, 5) is 11.0. The van der Waals surface area contributed by atoms with Gasteiger partial charge in [-0.3, -0.25) is 0 Å². The number of carboxylic acids is 1. The Morgan fingerprint density at radius 2 is 2.10 bits per heavy atom. The number of nitrogens with zero attached hydrogens (tertiary/aromatic N) is 3. The van der Waals surface area contributed by atoms with Crippen molar-refractivity contribution in [3.63, 3.8) is 0 Å². The van der Waals surface area contributed by atoms with Crippen LogP contribution in [0.3, 0.4) is 0 Å². The van der Waals surface area contributed by atoms with Crippen LogP contribution < -0.4 is 0 Å². The summed E-state index contributed by atoms with van der Waals surface area (Å²) in [6.07, 6.45) is 0. The van der Waals surface area contributed by atoms with Gasteiger partial charge in [-0.15, -0.1) is 5.10 Å². The standard InChI is InChI=1S/C14H9BrFN3O2/c1-7-4-10(16)9(15)6-13(7)19-12-3-2-8(14(20)21)5-11(12)17-18-19/h2-6H,1H3,(H,20,21). The normalized spacial score (nSPS) is 11.0. The molecule has 1 heterocycles. The second-order valence-electron chi connectivity index (χ2n) is 4.56. The maximum absolute atomic E-state index is 13.5. The summed E-state index contributed by atoms with van der Waals surface area (Å²) in [7, 11) is 0. The van der Waals surface area contributed by atoms with Crippen LogP contribution in [-0.4, -0.2) is 26.1 Å². The fourth-order valence-corrected chi connectivity index (χ4v) is 2.43. The Labute approximate surface area is 127 Å². The molecule has 0 saturated carbocycles. The summed E-state index contributed by atoms with van der Waals surface area (Å²) in [5.74, 6) is -1.37. The van der Waals surface area contributed by atoms with E-state index in [4.69, 9.17) is 5.11 Å². The number of carboxylic acid groups (broad SMARTS) is 1. The SMILES string of the molecule is Cc1cc(F)c(Br)cc1-n1nnc2cc(C(=O)O)ccc21. The molecule has 0 saturated heterocycles. The van der Waals surface area contributed by atoms with Crippen LogP contribution in [0.2, 0.25) is 0 Å². The van der Waals surface area contributed by atoms with Crippen molar-refractivity contribution in [3.8, 4) is 5.69 Å². The number of rotatable bonds is 2. The second-order valence-corrected chi connectivity index (χ2v) is 5.42. The van der Waals surface area contributed by atoms with Gasteiger partial charge in [0, 0.05) is 0 Å². The molecule has 7 heteroatoms. The molecule has 106 valence electrons. The van der Waals surface area contributed by atoms with Gasteiger partial charge in [0.1, 0.15) is 11.3 Å². The minimum atomic E-state index is -1.02. The first-order valence-electron chi connectivity index (χ1n) is 6.02. The molecule has 0 amide bonds. The number of aromatic carboxylic acids is 1. The lowest BCUT2D eigenvalue weighted by Crippen LogP contribution is -2.01. The van der Waals surface area contributed by atoms with Gasteiger partial charge in [-0.25, -0.2) is 13.9 Å². The topological polar surface area (TPSA) is 68.0 Å². The van der Waals surface area contributed by atoms with Gasteiger partial charge in [0.15, 0.2) is 0 Å². The van der Waals surface area contributed by atoms with Gasteiger partial charge >= 0.3 is 5.97 Å². The van der Waals surface area contributed by atoms with E-state index in [0.717, 1.165) is 0 Å². The molecule has 3 rings (SSSR count). The molecule has 0 aliphatic heterocycles. The number of aryl methyl sites for hydroxylation is 1. The molecule has 21 heavy (non-hydrogen) atoms. The van der Waals surface area contributed by atoms with Crippen LogP contribution in [0, 0.1) is 12.7 Å². The molecular weight excluding hydrogens is 341 g/mol. The number of carbonyl (C=O) groups is 1. The van der Waals surface area contributed by atoms with Crippen molar-refractivity contribution < 1.29 is 14.3 Å². The van der Waals surface area contributed by atoms with Crippen molar-refractivity contribution in [3.05, 3.63) is 51.7 Å². The third-order valence-electron chi connectivity index (χ3n) is 3.16. The van der Waals surface area contributed by atoms with Gasteiger partial charge in [0.2, 0.25) is 0 Å². The largest absolute Gasteiger partial charge is 0.478 e. The average molecular weight is 350 g/mol. The molecule has 0 aliphatic rings. The summed E-state index contributed by atoms with van der Waals surface area (Å²) in [5, 5.41) is 17.0. The minimum absolute atomic E-state index is 0.145. The van der Waals surface area contributed by atoms with Crippen LogP contribution in [0.5, 0.6) is 0 Å². The maximum atomic E-state index is 13.5. The third-order valence-corrected chi connectivity index (χ3v) is 3.77. The number of aromatic nitrogens is 3. The Hall–Kier alpha value is -2.28. The fourth-order valence-electron chi connectivity index (χ4n) is 2.10. The Morgan fingerprint density at radius 3 is 2.81 bits per heavy atom. The summed E-state index contributed by atoms with van der Waals surface area (Å²) >= 11 is 3.15. The lowest BCUT2D eigenvalue weighted by Gasteiger charge is -2.08. The van der Waals surface area contributed by atoms with Gasteiger partial charge in [0.25, 0.3) is 0 Å². The van der Waals surface area contributed by atoms with E-state index in [1.54, 1.807) is 23.7 Å². The molecule has 0 radical (unpaired) electrons. The van der Waals surface area contributed by atoms with Gasteiger partial charge < -0.3 is 5.11 Å². The third kappa shape index (κ3) is 2.29. The van der Waals surface area contributed by atoms with Gasteiger partial charge in [-0.05, 0) is 58.7 Å². The van der Waals surface area contributed by atoms with Gasteiger partial charge in [-0.1, -0.05) is 5.21 Å². The number of hydrogen-bond donors (Lipinski definition) is 1. The van der Waals surface area contributed by atoms with Crippen molar-refractivity contribution in [2.45, 2.75) is 6.92 Å². The minimum Gasteiger partial charge on any atom is -0.478 e. The average Bonchev–Trinajstić information content (AvgIpc) is 2.85. The first-order valence-corrected chi connectivity index (χ1v) is 6.81. The zero-order valence-corrected chi connectivity index (χ0v) is 12.4. The highest BCUT2D eigenvalue weighted by Crippen LogP contribution is 2.25. The first kappa shape index (κ1) is 13.7. The van der Waals surface area contributed by atoms with E-state index in [-0.39, 0.29) is 11.4 Å². The predicted molar refractivity (Wildman–Crippen MR) is 78.2 cm³/mol. The van der Waals surface area contributed by atoms with Crippen molar-refractivity contribution >= 4 is 32.9 Å². The molecule has 0 bridgehead atoms. The smallest absolute Gasteiger partial charge is 0.335 e. The number of halogens is 2. The van der Waals surface area contributed by atoms with Gasteiger partial charge in [-0.2, -0.15) is 0 Å². The zero-order valence-electron chi connectivity index (χ0n) is 10.8. The molecule has 0 unspecified atom stereocenters. The van der Waals surface area contributed by atoms with E-state index in [0.29, 0.717) is 26.8 Å². The lowest BCUT2D eigenvalue weighted by atomic mass is 10.1. The first-order chi connectivity index (χ1) is 9.97. The molecule has 1 N–H and O–H groups in total. The van der Waals surface area contributed by atoms with E-state index in [1.165, 1.54) is 18.2 Å². The monoisotopic (exact) mass is 349 g/mol. The molecule has 5 nitrogen and oxygen atoms in total. The summed E-state index contributed by atoms with van der Waals surface area (Å²) in [6, 6.07) is 7.59. The predicted octanol–water partition coefficient (Wildman–Crippen LogP) is 3.33. The Morgan fingerprint density at radius 1 is 1.33 bits per heavy atom. The number of hydrogen-bond acceptors (Lipinski definition) is 3. The molecule has 0 spiro atoms. The lowest BCUT2D eigenvalue weighted by molar-refractivity contribution is 0.0697. The van der Waals surface area contributed by atoms with Crippen LogP contribution in [0.4, 0.5) is 4.39 Å². The van der Waals surface area contributed by atoms with E-state index in [2.05, 4.69) is 26.2 Å². The molecule has 2 aromatic carbocycles. The fraction of sp³-hybridized carbons (Fsp3) is 0.0714. The highest BCUT2D eigenvalue weighted by atomic mass is 79.9. The Balaban J connectivity index is 2.22. The van der Waals surface area contributed by atoms with Crippen molar-refractivity contribution in [2.75, 3.05) is 0 Å². The molecule has 1 aromatic heterocycles. The Bertz CT molecular complexity index is 876. The van der Waals surface area contributed by atoms with Gasteiger partial charge in [0.05, 0.1) is 21.2 Å². The van der Waals surface area contributed by atoms with E-state index < -0.39 is 5.97 Å². The van der Waals surface area contributed by atoms with E-state index >= 15 is 0 Å². The number of fused-ring (bicyclic) bond motifs is 1. The van der Waals surface area contributed by atoms with E-state index in [1.807, 2.05) is 0 Å².